The van der Waals surface area contributed by atoms with Gasteiger partial charge in [-0.05, 0) is 30.9 Å². The Hall–Kier alpha value is -1.88. The second-order valence-corrected chi connectivity index (χ2v) is 5.02. The Labute approximate surface area is 117 Å². The first-order valence-corrected chi connectivity index (χ1v) is 6.76. The highest BCUT2D eigenvalue weighted by Gasteiger charge is 2.56. The molecule has 1 aliphatic carbocycles. The molecule has 1 aliphatic rings. The molecule has 0 bridgehead atoms. The molecule has 1 aromatic carbocycles. The second kappa shape index (κ2) is 6.05. The average Bonchev–Trinajstić information content (AvgIpc) is 3.25. The highest BCUT2D eigenvalue weighted by molar-refractivity contribution is 6.04. The molecular formula is C15H19NO4. The number of carboxylic acids is 1. The molecule has 1 fully saturated rings. The van der Waals surface area contributed by atoms with Crippen LogP contribution in [0.15, 0.2) is 24.3 Å². The molecule has 0 saturated heterocycles. The van der Waals surface area contributed by atoms with Crippen LogP contribution >= 0.6 is 0 Å². The van der Waals surface area contributed by atoms with Gasteiger partial charge in [0.2, 0.25) is 5.91 Å². The van der Waals surface area contributed by atoms with Gasteiger partial charge in [-0.1, -0.05) is 24.3 Å². The number of nitrogens with one attached hydrogen (secondary N) is 1. The number of carbonyl (C=O) groups excluding carboxylic acids is 1. The number of rotatable bonds is 7. The van der Waals surface area contributed by atoms with E-state index >= 15 is 0 Å². The molecule has 0 atom stereocenters. The lowest BCUT2D eigenvalue weighted by atomic mass is 10.1. The summed E-state index contributed by atoms with van der Waals surface area (Å²) in [5, 5.41) is 11.7. The summed E-state index contributed by atoms with van der Waals surface area (Å²) in [6.45, 7) is 3.54. The van der Waals surface area contributed by atoms with Crippen LogP contribution in [0.5, 0.6) is 0 Å². The predicted molar refractivity (Wildman–Crippen MR) is 72.9 cm³/mol. The SMILES string of the molecule is CCOCc1ccc(CNC(=O)C2(C(=O)O)CC2)cc1. The number of benzene rings is 1. The molecule has 2 N–H and O–H groups in total. The van der Waals surface area contributed by atoms with E-state index in [4.69, 9.17) is 9.84 Å². The first kappa shape index (κ1) is 14.5. The molecule has 0 radical (unpaired) electrons. The Morgan fingerprint density at radius 3 is 2.35 bits per heavy atom. The average molecular weight is 277 g/mol. The third-order valence-electron chi connectivity index (χ3n) is 3.54. The maximum absolute atomic E-state index is 11.8. The summed E-state index contributed by atoms with van der Waals surface area (Å²) < 4.78 is 5.30. The van der Waals surface area contributed by atoms with Crippen LogP contribution in [-0.4, -0.2) is 23.6 Å². The number of carbonyl (C=O) groups is 2. The molecule has 1 amide bonds. The molecular weight excluding hydrogens is 258 g/mol. The highest BCUT2D eigenvalue weighted by atomic mass is 16.5. The van der Waals surface area contributed by atoms with Crippen molar-refractivity contribution in [3.63, 3.8) is 0 Å². The zero-order chi connectivity index (χ0) is 14.6. The molecule has 1 aromatic rings. The molecule has 20 heavy (non-hydrogen) atoms. The van der Waals surface area contributed by atoms with Gasteiger partial charge in [-0.3, -0.25) is 9.59 Å². The van der Waals surface area contributed by atoms with Crippen molar-refractivity contribution in [1.82, 2.24) is 5.32 Å². The van der Waals surface area contributed by atoms with Gasteiger partial charge in [-0.15, -0.1) is 0 Å². The zero-order valence-corrected chi connectivity index (χ0v) is 11.5. The summed E-state index contributed by atoms with van der Waals surface area (Å²) in [4.78, 5) is 22.8. The summed E-state index contributed by atoms with van der Waals surface area (Å²) in [6.07, 6.45) is 0.864. The maximum atomic E-state index is 11.8. The van der Waals surface area contributed by atoms with Crippen LogP contribution in [0, 0.1) is 5.41 Å². The molecule has 0 aliphatic heterocycles. The topological polar surface area (TPSA) is 75.6 Å². The van der Waals surface area contributed by atoms with E-state index < -0.39 is 11.4 Å². The summed E-state index contributed by atoms with van der Waals surface area (Å²) in [5.41, 5.74) is 0.848. The minimum absolute atomic E-state index is 0.350. The molecule has 5 nitrogen and oxygen atoms in total. The van der Waals surface area contributed by atoms with Crippen LogP contribution in [0.25, 0.3) is 0 Å². The minimum Gasteiger partial charge on any atom is -0.480 e. The van der Waals surface area contributed by atoms with Crippen molar-refractivity contribution in [2.24, 2.45) is 5.41 Å². The Bertz CT molecular complexity index is 491. The lowest BCUT2D eigenvalue weighted by Gasteiger charge is -2.11. The summed E-state index contributed by atoms with van der Waals surface area (Å²) in [7, 11) is 0. The fourth-order valence-electron chi connectivity index (χ4n) is 1.99. The van der Waals surface area contributed by atoms with E-state index in [2.05, 4.69) is 5.32 Å². The number of ether oxygens (including phenoxy) is 1. The van der Waals surface area contributed by atoms with Gasteiger partial charge in [0.05, 0.1) is 6.61 Å². The van der Waals surface area contributed by atoms with Crippen LogP contribution < -0.4 is 5.32 Å². The van der Waals surface area contributed by atoms with Crippen LogP contribution in [0.1, 0.15) is 30.9 Å². The number of carboxylic acid groups (broad SMARTS) is 1. The number of aliphatic carboxylic acids is 1. The van der Waals surface area contributed by atoms with E-state index in [1.807, 2.05) is 31.2 Å². The van der Waals surface area contributed by atoms with E-state index in [1.165, 1.54) is 0 Å². The second-order valence-electron chi connectivity index (χ2n) is 5.02. The quantitative estimate of drug-likeness (QED) is 0.744. The Balaban J connectivity index is 1.85. The van der Waals surface area contributed by atoms with Gasteiger partial charge in [-0.25, -0.2) is 0 Å². The molecule has 2 rings (SSSR count). The van der Waals surface area contributed by atoms with Gasteiger partial charge in [0.1, 0.15) is 5.41 Å². The highest BCUT2D eigenvalue weighted by Crippen LogP contribution is 2.46. The Kier molecular flexibility index (Phi) is 4.39. The third-order valence-corrected chi connectivity index (χ3v) is 3.54. The van der Waals surface area contributed by atoms with Gasteiger partial charge < -0.3 is 15.2 Å². The molecule has 1 saturated carbocycles. The van der Waals surface area contributed by atoms with E-state index in [1.54, 1.807) is 0 Å². The molecule has 0 spiro atoms. The fraction of sp³-hybridized carbons (Fsp3) is 0.467. The van der Waals surface area contributed by atoms with E-state index in [0.717, 1.165) is 11.1 Å². The predicted octanol–water partition coefficient (Wildman–Crippen LogP) is 1.70. The van der Waals surface area contributed by atoms with E-state index in [0.29, 0.717) is 32.6 Å². The van der Waals surface area contributed by atoms with E-state index in [-0.39, 0.29) is 5.91 Å². The zero-order valence-electron chi connectivity index (χ0n) is 11.5. The van der Waals surface area contributed by atoms with Crippen LogP contribution in [0.2, 0.25) is 0 Å². The van der Waals surface area contributed by atoms with Crippen molar-refractivity contribution in [2.75, 3.05) is 6.61 Å². The van der Waals surface area contributed by atoms with Crippen molar-refractivity contribution in [1.29, 1.82) is 0 Å². The van der Waals surface area contributed by atoms with Crippen LogP contribution in [-0.2, 0) is 27.5 Å². The van der Waals surface area contributed by atoms with Crippen LogP contribution in [0.3, 0.4) is 0 Å². The Morgan fingerprint density at radius 2 is 1.85 bits per heavy atom. The molecule has 0 unspecified atom stereocenters. The van der Waals surface area contributed by atoms with Crippen LogP contribution in [0.4, 0.5) is 0 Å². The summed E-state index contributed by atoms with van der Waals surface area (Å²) >= 11 is 0. The monoisotopic (exact) mass is 277 g/mol. The number of amides is 1. The lowest BCUT2D eigenvalue weighted by Crippen LogP contribution is -2.36. The number of hydrogen-bond donors (Lipinski definition) is 2. The maximum Gasteiger partial charge on any atom is 0.319 e. The lowest BCUT2D eigenvalue weighted by molar-refractivity contribution is -0.149. The normalized spacial score (nSPS) is 15.7. The molecule has 0 heterocycles. The third kappa shape index (κ3) is 3.17. The smallest absolute Gasteiger partial charge is 0.319 e. The fourth-order valence-corrected chi connectivity index (χ4v) is 1.99. The largest absolute Gasteiger partial charge is 0.480 e. The summed E-state index contributed by atoms with van der Waals surface area (Å²) in [5.74, 6) is -1.41. The van der Waals surface area contributed by atoms with Gasteiger partial charge in [0.15, 0.2) is 0 Å². The minimum atomic E-state index is -1.17. The first-order chi connectivity index (χ1) is 9.58. The number of hydrogen-bond acceptors (Lipinski definition) is 3. The molecule has 0 aromatic heterocycles. The van der Waals surface area contributed by atoms with Crippen molar-refractivity contribution < 1.29 is 19.4 Å². The van der Waals surface area contributed by atoms with Crippen molar-refractivity contribution in [3.8, 4) is 0 Å². The van der Waals surface area contributed by atoms with Gasteiger partial charge in [-0.2, -0.15) is 0 Å². The molecule has 108 valence electrons. The van der Waals surface area contributed by atoms with E-state index in [9.17, 15) is 9.59 Å². The van der Waals surface area contributed by atoms with Gasteiger partial charge in [0.25, 0.3) is 0 Å². The van der Waals surface area contributed by atoms with Gasteiger partial charge >= 0.3 is 5.97 Å². The first-order valence-electron chi connectivity index (χ1n) is 6.76. The van der Waals surface area contributed by atoms with Crippen molar-refractivity contribution >= 4 is 11.9 Å². The van der Waals surface area contributed by atoms with Gasteiger partial charge in [0, 0.05) is 13.2 Å². The summed E-state index contributed by atoms with van der Waals surface area (Å²) in [6, 6.07) is 7.71. The van der Waals surface area contributed by atoms with Crippen molar-refractivity contribution in [2.45, 2.75) is 32.9 Å². The standard InChI is InChI=1S/C15H19NO4/c1-2-20-10-12-5-3-11(4-6-12)9-16-13(17)15(7-8-15)14(18)19/h3-6H,2,7-10H2,1H3,(H,16,17)(H,18,19). The Morgan fingerprint density at radius 1 is 1.25 bits per heavy atom. The molecule has 5 heteroatoms. The van der Waals surface area contributed by atoms with Crippen molar-refractivity contribution in [3.05, 3.63) is 35.4 Å².